The fourth-order valence-corrected chi connectivity index (χ4v) is 1.03. The number of aromatic hydroxyl groups is 1. The molecule has 4 heteroatoms. The van der Waals surface area contributed by atoms with Crippen molar-refractivity contribution in [2.75, 3.05) is 7.11 Å². The Hall–Kier alpha value is -1.26. The smallest absolute Gasteiger partial charge is 0.160 e. The predicted molar refractivity (Wildman–Crippen MR) is 48.3 cm³/mol. The van der Waals surface area contributed by atoms with Crippen LogP contribution in [0.15, 0.2) is 18.2 Å². The van der Waals surface area contributed by atoms with Crippen LogP contribution in [-0.4, -0.2) is 12.2 Å². The van der Waals surface area contributed by atoms with E-state index in [1.54, 1.807) is 18.2 Å². The third-order valence-electron chi connectivity index (χ3n) is 1.88. The SMILES string of the molecule is COc1cc(C(C)ON)ccc1O. The summed E-state index contributed by atoms with van der Waals surface area (Å²) in [6.07, 6.45) is -0.213. The summed E-state index contributed by atoms with van der Waals surface area (Å²) in [7, 11) is 1.49. The molecular formula is C9H13NO3. The van der Waals surface area contributed by atoms with Crippen molar-refractivity contribution in [3.8, 4) is 11.5 Å². The number of rotatable bonds is 3. The zero-order valence-corrected chi connectivity index (χ0v) is 7.65. The first kappa shape index (κ1) is 9.83. The lowest BCUT2D eigenvalue weighted by molar-refractivity contribution is 0.0662. The molecule has 72 valence electrons. The molecule has 0 aliphatic heterocycles. The lowest BCUT2D eigenvalue weighted by Crippen LogP contribution is -2.05. The quantitative estimate of drug-likeness (QED) is 0.694. The maximum absolute atomic E-state index is 9.29. The number of phenolic OH excluding ortho intramolecular Hbond substituents is 1. The van der Waals surface area contributed by atoms with Crippen molar-refractivity contribution in [1.82, 2.24) is 0 Å². The number of nitrogens with two attached hydrogens (primary N) is 1. The van der Waals surface area contributed by atoms with E-state index in [2.05, 4.69) is 4.84 Å². The monoisotopic (exact) mass is 183 g/mol. The Balaban J connectivity index is 2.99. The molecule has 0 aliphatic rings. The molecule has 0 aromatic heterocycles. The summed E-state index contributed by atoms with van der Waals surface area (Å²) in [5.74, 6) is 5.56. The summed E-state index contributed by atoms with van der Waals surface area (Å²) in [5, 5.41) is 9.29. The second-order valence-corrected chi connectivity index (χ2v) is 2.71. The number of phenols is 1. The van der Waals surface area contributed by atoms with E-state index in [0.717, 1.165) is 5.56 Å². The minimum absolute atomic E-state index is 0.107. The number of ether oxygens (including phenoxy) is 1. The van der Waals surface area contributed by atoms with Crippen LogP contribution in [0.1, 0.15) is 18.6 Å². The molecule has 0 radical (unpaired) electrons. The Bertz CT molecular complexity index is 288. The summed E-state index contributed by atoms with van der Waals surface area (Å²) in [5.41, 5.74) is 0.858. The zero-order valence-electron chi connectivity index (χ0n) is 7.65. The minimum atomic E-state index is -0.213. The molecule has 0 aliphatic carbocycles. The van der Waals surface area contributed by atoms with Crippen molar-refractivity contribution in [3.63, 3.8) is 0 Å². The minimum Gasteiger partial charge on any atom is -0.504 e. The molecule has 1 rings (SSSR count). The average Bonchev–Trinajstić information content (AvgIpc) is 2.17. The zero-order chi connectivity index (χ0) is 9.84. The summed E-state index contributed by atoms with van der Waals surface area (Å²) in [6.45, 7) is 1.81. The molecule has 0 heterocycles. The standard InChI is InChI=1S/C9H13NO3/c1-6(13-10)7-3-4-8(11)9(5-7)12-2/h3-6,11H,10H2,1-2H3. The summed E-state index contributed by atoms with van der Waals surface area (Å²) in [6, 6.07) is 4.96. The van der Waals surface area contributed by atoms with Gasteiger partial charge < -0.3 is 9.84 Å². The van der Waals surface area contributed by atoms with Crippen molar-refractivity contribution < 1.29 is 14.7 Å². The van der Waals surface area contributed by atoms with Gasteiger partial charge in [0.2, 0.25) is 0 Å². The van der Waals surface area contributed by atoms with E-state index in [1.807, 2.05) is 6.92 Å². The van der Waals surface area contributed by atoms with Gasteiger partial charge in [-0.15, -0.1) is 0 Å². The molecule has 0 spiro atoms. The molecule has 0 fully saturated rings. The Morgan fingerprint density at radius 2 is 2.15 bits per heavy atom. The van der Waals surface area contributed by atoms with E-state index in [1.165, 1.54) is 7.11 Å². The topological polar surface area (TPSA) is 64.7 Å². The van der Waals surface area contributed by atoms with Gasteiger partial charge in [0, 0.05) is 0 Å². The first-order valence-electron chi connectivity index (χ1n) is 3.91. The first-order chi connectivity index (χ1) is 6.19. The van der Waals surface area contributed by atoms with Crippen LogP contribution in [0.25, 0.3) is 0 Å². The van der Waals surface area contributed by atoms with Gasteiger partial charge in [0.15, 0.2) is 11.5 Å². The van der Waals surface area contributed by atoms with Gasteiger partial charge in [0.1, 0.15) is 6.10 Å². The fraction of sp³-hybridized carbons (Fsp3) is 0.333. The van der Waals surface area contributed by atoms with Gasteiger partial charge in [-0.25, -0.2) is 5.90 Å². The van der Waals surface area contributed by atoms with E-state index in [-0.39, 0.29) is 11.9 Å². The van der Waals surface area contributed by atoms with Crippen molar-refractivity contribution in [3.05, 3.63) is 23.8 Å². The molecule has 4 nitrogen and oxygen atoms in total. The molecule has 0 saturated carbocycles. The van der Waals surface area contributed by atoms with E-state index >= 15 is 0 Å². The lowest BCUT2D eigenvalue weighted by atomic mass is 10.1. The third-order valence-corrected chi connectivity index (χ3v) is 1.88. The van der Waals surface area contributed by atoms with Crippen LogP contribution < -0.4 is 10.6 Å². The van der Waals surface area contributed by atoms with Gasteiger partial charge >= 0.3 is 0 Å². The highest BCUT2D eigenvalue weighted by Crippen LogP contribution is 2.29. The van der Waals surface area contributed by atoms with Gasteiger partial charge in [-0.3, -0.25) is 4.84 Å². The highest BCUT2D eigenvalue weighted by molar-refractivity contribution is 5.42. The second-order valence-electron chi connectivity index (χ2n) is 2.71. The Kier molecular flexibility index (Phi) is 3.11. The van der Waals surface area contributed by atoms with Crippen LogP contribution >= 0.6 is 0 Å². The largest absolute Gasteiger partial charge is 0.504 e. The predicted octanol–water partition coefficient (Wildman–Crippen LogP) is 1.35. The number of benzene rings is 1. The van der Waals surface area contributed by atoms with E-state index < -0.39 is 0 Å². The molecule has 0 amide bonds. The maximum Gasteiger partial charge on any atom is 0.160 e. The Morgan fingerprint density at radius 1 is 1.46 bits per heavy atom. The van der Waals surface area contributed by atoms with Crippen molar-refractivity contribution >= 4 is 0 Å². The van der Waals surface area contributed by atoms with Crippen molar-refractivity contribution in [1.29, 1.82) is 0 Å². The maximum atomic E-state index is 9.29. The van der Waals surface area contributed by atoms with E-state index in [0.29, 0.717) is 5.75 Å². The second kappa shape index (κ2) is 4.11. The molecule has 1 unspecified atom stereocenters. The molecule has 13 heavy (non-hydrogen) atoms. The summed E-state index contributed by atoms with van der Waals surface area (Å²) < 4.78 is 4.93. The Labute approximate surface area is 76.8 Å². The van der Waals surface area contributed by atoms with Crippen LogP contribution in [0, 0.1) is 0 Å². The highest BCUT2D eigenvalue weighted by atomic mass is 16.6. The molecule has 1 aromatic rings. The highest BCUT2D eigenvalue weighted by Gasteiger charge is 2.08. The lowest BCUT2D eigenvalue weighted by Gasteiger charge is -2.10. The molecule has 0 bridgehead atoms. The molecular weight excluding hydrogens is 170 g/mol. The third kappa shape index (κ3) is 2.11. The summed E-state index contributed by atoms with van der Waals surface area (Å²) in [4.78, 5) is 4.64. The number of hydrogen-bond donors (Lipinski definition) is 2. The van der Waals surface area contributed by atoms with Crippen LogP contribution in [-0.2, 0) is 4.84 Å². The van der Waals surface area contributed by atoms with Crippen LogP contribution in [0.2, 0.25) is 0 Å². The Morgan fingerprint density at radius 3 is 2.69 bits per heavy atom. The van der Waals surface area contributed by atoms with Gasteiger partial charge in [-0.05, 0) is 24.6 Å². The first-order valence-corrected chi connectivity index (χ1v) is 3.91. The van der Waals surface area contributed by atoms with Gasteiger partial charge in [-0.2, -0.15) is 0 Å². The van der Waals surface area contributed by atoms with E-state index in [9.17, 15) is 5.11 Å². The molecule has 1 atom stereocenters. The average molecular weight is 183 g/mol. The number of hydrogen-bond acceptors (Lipinski definition) is 4. The van der Waals surface area contributed by atoms with Crippen LogP contribution in [0.4, 0.5) is 0 Å². The normalized spacial score (nSPS) is 12.5. The van der Waals surface area contributed by atoms with E-state index in [4.69, 9.17) is 10.6 Å². The van der Waals surface area contributed by atoms with Crippen molar-refractivity contribution in [2.45, 2.75) is 13.0 Å². The summed E-state index contributed by atoms with van der Waals surface area (Å²) >= 11 is 0. The molecule has 1 aromatic carbocycles. The molecule has 0 saturated heterocycles. The fourth-order valence-electron chi connectivity index (χ4n) is 1.03. The van der Waals surface area contributed by atoms with Crippen LogP contribution in [0.5, 0.6) is 11.5 Å². The van der Waals surface area contributed by atoms with Gasteiger partial charge in [-0.1, -0.05) is 6.07 Å². The van der Waals surface area contributed by atoms with Gasteiger partial charge in [0.25, 0.3) is 0 Å². The van der Waals surface area contributed by atoms with Crippen LogP contribution in [0.3, 0.4) is 0 Å². The van der Waals surface area contributed by atoms with Gasteiger partial charge in [0.05, 0.1) is 7.11 Å². The number of methoxy groups -OCH3 is 1. The van der Waals surface area contributed by atoms with Crippen molar-refractivity contribution in [2.24, 2.45) is 5.90 Å². The molecule has 3 N–H and O–H groups in total.